The van der Waals surface area contributed by atoms with Gasteiger partial charge in [0.05, 0.1) is 6.10 Å². The van der Waals surface area contributed by atoms with Crippen LogP contribution in [-0.4, -0.2) is 42.9 Å². The van der Waals surface area contributed by atoms with Crippen molar-refractivity contribution in [2.24, 2.45) is 5.92 Å². The quantitative estimate of drug-likeness (QED) is 0.754. The number of benzene rings is 1. The largest absolute Gasteiger partial charge is 0.481 e. The molecule has 1 aliphatic heterocycles. The summed E-state index contributed by atoms with van der Waals surface area (Å²) in [5.41, 5.74) is 1.15. The Morgan fingerprint density at radius 2 is 2.10 bits per heavy atom. The predicted octanol–water partition coefficient (Wildman–Crippen LogP) is 0.881. The number of carbonyl (C=O) groups is 1. The molecule has 1 amide bonds. The van der Waals surface area contributed by atoms with E-state index in [1.54, 1.807) is 6.92 Å². The van der Waals surface area contributed by atoms with E-state index >= 15 is 0 Å². The molecule has 3 atom stereocenters. The van der Waals surface area contributed by atoms with E-state index in [2.05, 4.69) is 10.6 Å². The first-order chi connectivity index (χ1) is 9.56. The van der Waals surface area contributed by atoms with Gasteiger partial charge in [0, 0.05) is 25.6 Å². The van der Waals surface area contributed by atoms with Crippen LogP contribution < -0.4 is 15.4 Å². The van der Waals surface area contributed by atoms with Crippen molar-refractivity contribution in [2.75, 3.05) is 19.6 Å². The number of aryl methyl sites for hydroxylation is 1. The van der Waals surface area contributed by atoms with Crippen LogP contribution in [0.5, 0.6) is 5.75 Å². The number of aliphatic hydroxyl groups excluding tert-OH is 1. The van der Waals surface area contributed by atoms with Crippen LogP contribution in [-0.2, 0) is 4.79 Å². The van der Waals surface area contributed by atoms with Crippen molar-refractivity contribution in [1.29, 1.82) is 0 Å². The standard InChI is InChI=1S/C15H22N2O3.ClH/c1-10-3-5-13(6-4-10)20-11(2)15(19)17-8-12-7-16-9-14(12)18;/h3-6,11-12,14,16,18H,7-9H2,1-2H3,(H,17,19);1H. The zero-order chi connectivity index (χ0) is 14.5. The molecule has 0 saturated carbocycles. The SMILES string of the molecule is Cc1ccc(OC(C)C(=O)NCC2CNCC2O)cc1.Cl. The highest BCUT2D eigenvalue weighted by atomic mass is 35.5. The summed E-state index contributed by atoms with van der Waals surface area (Å²) in [5, 5.41) is 15.6. The molecule has 1 heterocycles. The van der Waals surface area contributed by atoms with Gasteiger partial charge in [-0.15, -0.1) is 12.4 Å². The maximum absolute atomic E-state index is 11.9. The highest BCUT2D eigenvalue weighted by Gasteiger charge is 2.26. The van der Waals surface area contributed by atoms with Crippen LogP contribution >= 0.6 is 12.4 Å². The molecule has 0 bridgehead atoms. The van der Waals surface area contributed by atoms with Crippen molar-refractivity contribution in [3.63, 3.8) is 0 Å². The van der Waals surface area contributed by atoms with Crippen LogP contribution in [0, 0.1) is 12.8 Å². The van der Waals surface area contributed by atoms with Gasteiger partial charge in [-0.2, -0.15) is 0 Å². The Labute approximate surface area is 131 Å². The number of β-amino-alcohol motifs (C(OH)–C–C–N with tert-alkyl or cyclic N) is 1. The lowest BCUT2D eigenvalue weighted by Crippen LogP contribution is -2.41. The molecule has 1 saturated heterocycles. The summed E-state index contributed by atoms with van der Waals surface area (Å²) in [4.78, 5) is 11.9. The van der Waals surface area contributed by atoms with Gasteiger partial charge in [0.1, 0.15) is 5.75 Å². The maximum Gasteiger partial charge on any atom is 0.260 e. The molecule has 0 radical (unpaired) electrons. The van der Waals surface area contributed by atoms with Crippen LogP contribution in [0.4, 0.5) is 0 Å². The number of nitrogens with one attached hydrogen (secondary N) is 2. The highest BCUT2D eigenvalue weighted by Crippen LogP contribution is 2.13. The summed E-state index contributed by atoms with van der Waals surface area (Å²) in [5.74, 6) is 0.594. The van der Waals surface area contributed by atoms with E-state index in [1.807, 2.05) is 31.2 Å². The topological polar surface area (TPSA) is 70.6 Å². The van der Waals surface area contributed by atoms with E-state index in [4.69, 9.17) is 4.74 Å². The molecule has 3 N–H and O–H groups in total. The van der Waals surface area contributed by atoms with Gasteiger partial charge in [0.15, 0.2) is 6.10 Å². The number of hydrogen-bond acceptors (Lipinski definition) is 4. The van der Waals surface area contributed by atoms with E-state index in [0.29, 0.717) is 18.8 Å². The molecule has 2 rings (SSSR count). The van der Waals surface area contributed by atoms with E-state index < -0.39 is 6.10 Å². The monoisotopic (exact) mass is 314 g/mol. The molecule has 6 heteroatoms. The minimum absolute atomic E-state index is 0. The van der Waals surface area contributed by atoms with Crippen molar-refractivity contribution in [3.8, 4) is 5.75 Å². The summed E-state index contributed by atoms with van der Waals surface area (Å²) in [6.07, 6.45) is -0.937. The second kappa shape index (κ2) is 8.22. The fourth-order valence-electron chi connectivity index (χ4n) is 2.18. The fraction of sp³-hybridized carbons (Fsp3) is 0.533. The Bertz CT molecular complexity index is 453. The summed E-state index contributed by atoms with van der Waals surface area (Å²) >= 11 is 0. The summed E-state index contributed by atoms with van der Waals surface area (Å²) in [7, 11) is 0. The zero-order valence-electron chi connectivity index (χ0n) is 12.3. The van der Waals surface area contributed by atoms with Crippen molar-refractivity contribution in [1.82, 2.24) is 10.6 Å². The third-order valence-electron chi connectivity index (χ3n) is 3.55. The molecule has 21 heavy (non-hydrogen) atoms. The van der Waals surface area contributed by atoms with Crippen molar-refractivity contribution in [2.45, 2.75) is 26.1 Å². The molecule has 0 spiro atoms. The number of aliphatic hydroxyl groups is 1. The van der Waals surface area contributed by atoms with Crippen LogP contribution in [0.3, 0.4) is 0 Å². The van der Waals surface area contributed by atoms with Gasteiger partial charge in [0.2, 0.25) is 0 Å². The number of ether oxygens (including phenoxy) is 1. The van der Waals surface area contributed by atoms with E-state index in [9.17, 15) is 9.90 Å². The Morgan fingerprint density at radius 1 is 1.43 bits per heavy atom. The summed E-state index contributed by atoms with van der Waals surface area (Å²) in [6.45, 7) is 5.51. The first kappa shape index (κ1) is 17.8. The molecular formula is C15H23ClN2O3. The lowest BCUT2D eigenvalue weighted by Gasteiger charge is -2.18. The number of halogens is 1. The number of rotatable bonds is 5. The van der Waals surface area contributed by atoms with Gasteiger partial charge >= 0.3 is 0 Å². The smallest absolute Gasteiger partial charge is 0.260 e. The molecule has 1 fully saturated rings. The van der Waals surface area contributed by atoms with Crippen LogP contribution in [0.25, 0.3) is 0 Å². The number of carbonyl (C=O) groups excluding carboxylic acids is 1. The average Bonchev–Trinajstić information content (AvgIpc) is 2.84. The second-order valence-electron chi connectivity index (χ2n) is 5.30. The Balaban J connectivity index is 0.00000220. The molecule has 118 valence electrons. The van der Waals surface area contributed by atoms with Crippen molar-refractivity contribution in [3.05, 3.63) is 29.8 Å². The van der Waals surface area contributed by atoms with Gasteiger partial charge in [-0.25, -0.2) is 0 Å². The minimum atomic E-state index is -0.552. The minimum Gasteiger partial charge on any atom is -0.481 e. The molecule has 1 aromatic rings. The Morgan fingerprint density at radius 3 is 2.67 bits per heavy atom. The van der Waals surface area contributed by atoms with Gasteiger partial charge in [-0.1, -0.05) is 17.7 Å². The first-order valence-electron chi connectivity index (χ1n) is 6.96. The number of amides is 1. The normalized spacial score (nSPS) is 22.2. The Hall–Kier alpha value is -1.30. The van der Waals surface area contributed by atoms with E-state index in [1.165, 1.54) is 0 Å². The molecule has 0 aliphatic carbocycles. The molecule has 5 nitrogen and oxygen atoms in total. The number of hydrogen-bond donors (Lipinski definition) is 3. The van der Waals surface area contributed by atoms with Gasteiger partial charge in [-0.05, 0) is 26.0 Å². The predicted molar refractivity (Wildman–Crippen MR) is 83.9 cm³/mol. The molecule has 0 aromatic heterocycles. The maximum atomic E-state index is 11.9. The lowest BCUT2D eigenvalue weighted by atomic mass is 10.1. The average molecular weight is 315 g/mol. The van der Waals surface area contributed by atoms with Crippen LogP contribution in [0.1, 0.15) is 12.5 Å². The van der Waals surface area contributed by atoms with Crippen molar-refractivity contribution >= 4 is 18.3 Å². The fourth-order valence-corrected chi connectivity index (χ4v) is 2.18. The molecular weight excluding hydrogens is 292 g/mol. The molecule has 3 unspecified atom stereocenters. The molecule has 1 aliphatic rings. The highest BCUT2D eigenvalue weighted by molar-refractivity contribution is 5.85. The van der Waals surface area contributed by atoms with Crippen molar-refractivity contribution < 1.29 is 14.6 Å². The molecule has 1 aromatic carbocycles. The van der Waals surface area contributed by atoms with Crippen LogP contribution in [0.2, 0.25) is 0 Å². The summed E-state index contributed by atoms with van der Waals surface area (Å²) < 4.78 is 5.58. The third kappa shape index (κ3) is 5.19. The Kier molecular flexibility index (Phi) is 6.95. The van der Waals surface area contributed by atoms with Gasteiger partial charge < -0.3 is 20.5 Å². The van der Waals surface area contributed by atoms with Gasteiger partial charge in [0.25, 0.3) is 5.91 Å². The lowest BCUT2D eigenvalue weighted by molar-refractivity contribution is -0.127. The van der Waals surface area contributed by atoms with Gasteiger partial charge in [-0.3, -0.25) is 4.79 Å². The second-order valence-corrected chi connectivity index (χ2v) is 5.30. The third-order valence-corrected chi connectivity index (χ3v) is 3.55. The zero-order valence-corrected chi connectivity index (χ0v) is 13.2. The van der Waals surface area contributed by atoms with E-state index in [-0.39, 0.29) is 30.3 Å². The first-order valence-corrected chi connectivity index (χ1v) is 6.96. The van der Waals surface area contributed by atoms with Crippen LogP contribution in [0.15, 0.2) is 24.3 Å². The van der Waals surface area contributed by atoms with E-state index in [0.717, 1.165) is 12.1 Å². The summed E-state index contributed by atoms with van der Waals surface area (Å²) in [6, 6.07) is 7.59.